The molecular formula is C21H26N4O4S2. The van der Waals surface area contributed by atoms with Crippen LogP contribution in [-0.2, 0) is 23.0 Å². The van der Waals surface area contributed by atoms with Crippen molar-refractivity contribution < 1.29 is 18.0 Å². The highest BCUT2D eigenvalue weighted by Crippen LogP contribution is 2.37. The van der Waals surface area contributed by atoms with Crippen LogP contribution in [0.3, 0.4) is 0 Å². The number of sulfonamides is 1. The third kappa shape index (κ3) is 4.25. The largest absolute Gasteiger partial charge is 0.365 e. The van der Waals surface area contributed by atoms with E-state index in [0.29, 0.717) is 29.2 Å². The molecule has 4 rings (SSSR count). The number of carbonyl (C=O) groups is 2. The van der Waals surface area contributed by atoms with Crippen LogP contribution in [0.4, 0.5) is 5.00 Å². The second-order valence-corrected chi connectivity index (χ2v) is 10.8. The lowest BCUT2D eigenvalue weighted by Gasteiger charge is -2.25. The smallest absolute Gasteiger partial charge is 0.256 e. The maximum atomic E-state index is 12.8. The fourth-order valence-electron chi connectivity index (χ4n) is 4.11. The quantitative estimate of drug-likeness (QED) is 0.684. The zero-order valence-electron chi connectivity index (χ0n) is 17.4. The molecule has 2 amide bonds. The molecule has 2 aliphatic heterocycles. The number of anilines is 1. The lowest BCUT2D eigenvalue weighted by molar-refractivity contribution is 0.1000. The summed E-state index contributed by atoms with van der Waals surface area (Å²) in [5.74, 6) is -0.955. The number of carbonyl (C=O) groups excluding carboxylic acids is 2. The molecule has 0 spiro atoms. The van der Waals surface area contributed by atoms with Crippen LogP contribution in [0.25, 0.3) is 0 Å². The van der Waals surface area contributed by atoms with Crippen molar-refractivity contribution in [3.63, 3.8) is 0 Å². The Hall–Kier alpha value is -2.27. The minimum absolute atomic E-state index is 0.176. The first kappa shape index (κ1) is 21.9. The lowest BCUT2D eigenvalue weighted by Crippen LogP contribution is -2.30. The molecule has 2 aliphatic rings. The second-order valence-electron chi connectivity index (χ2n) is 7.78. The number of hydrogen-bond acceptors (Lipinski definition) is 6. The van der Waals surface area contributed by atoms with Gasteiger partial charge in [0.15, 0.2) is 0 Å². The fraction of sp³-hybridized carbons (Fsp3) is 0.429. The summed E-state index contributed by atoms with van der Waals surface area (Å²) in [6.45, 7) is 5.63. The molecule has 3 N–H and O–H groups in total. The van der Waals surface area contributed by atoms with Gasteiger partial charge in [-0.3, -0.25) is 14.5 Å². The average Bonchev–Trinajstić information content (AvgIpc) is 3.41. The Morgan fingerprint density at radius 3 is 2.42 bits per heavy atom. The van der Waals surface area contributed by atoms with Crippen molar-refractivity contribution in [3.05, 3.63) is 45.8 Å². The van der Waals surface area contributed by atoms with Gasteiger partial charge >= 0.3 is 0 Å². The molecule has 0 saturated carbocycles. The number of benzene rings is 1. The first-order chi connectivity index (χ1) is 14.8. The van der Waals surface area contributed by atoms with Crippen molar-refractivity contribution in [2.75, 3.05) is 31.5 Å². The number of fused-ring (bicyclic) bond motifs is 1. The molecule has 0 bridgehead atoms. The zero-order chi connectivity index (χ0) is 22.2. The van der Waals surface area contributed by atoms with E-state index < -0.39 is 21.8 Å². The first-order valence-corrected chi connectivity index (χ1v) is 12.6. The van der Waals surface area contributed by atoms with Crippen LogP contribution in [0.2, 0.25) is 0 Å². The molecule has 1 aromatic heterocycles. The zero-order valence-corrected chi connectivity index (χ0v) is 19.0. The number of amides is 2. The van der Waals surface area contributed by atoms with Crippen molar-refractivity contribution in [2.45, 2.75) is 37.6 Å². The van der Waals surface area contributed by atoms with Crippen LogP contribution in [0.15, 0.2) is 29.2 Å². The molecule has 10 heteroatoms. The van der Waals surface area contributed by atoms with Crippen LogP contribution < -0.4 is 11.1 Å². The number of likely N-dealkylation sites (N-methyl/N-ethyl adjacent to an activating group) is 1. The molecule has 1 saturated heterocycles. The van der Waals surface area contributed by atoms with E-state index >= 15 is 0 Å². The summed E-state index contributed by atoms with van der Waals surface area (Å²) in [6, 6.07) is 5.90. The normalized spacial score (nSPS) is 17.5. The van der Waals surface area contributed by atoms with Gasteiger partial charge in [0.25, 0.3) is 11.8 Å². The Bertz CT molecular complexity index is 1100. The second kappa shape index (κ2) is 8.70. The van der Waals surface area contributed by atoms with Gasteiger partial charge in [-0.05, 0) is 55.6 Å². The standard InChI is InChI=1S/C21H26N4O4S2/c1-2-24-12-9-16-17(13-24)30-21(18(16)19(22)26)23-20(27)14-5-7-15(8-6-14)31(28,29)25-10-3-4-11-25/h5-8H,2-4,9-13H2,1H3,(H2,22,26)(H,23,27). The van der Waals surface area contributed by atoms with Gasteiger partial charge in [-0.15, -0.1) is 11.3 Å². The molecule has 31 heavy (non-hydrogen) atoms. The van der Waals surface area contributed by atoms with E-state index in [4.69, 9.17) is 5.73 Å². The molecule has 8 nitrogen and oxygen atoms in total. The van der Waals surface area contributed by atoms with Gasteiger partial charge in [0, 0.05) is 36.6 Å². The molecule has 0 unspecified atom stereocenters. The Morgan fingerprint density at radius 2 is 1.81 bits per heavy atom. The third-order valence-electron chi connectivity index (χ3n) is 5.88. The van der Waals surface area contributed by atoms with E-state index in [2.05, 4.69) is 17.1 Å². The minimum atomic E-state index is -3.53. The highest BCUT2D eigenvalue weighted by atomic mass is 32.2. The molecule has 166 valence electrons. The van der Waals surface area contributed by atoms with Crippen molar-refractivity contribution in [3.8, 4) is 0 Å². The Balaban J connectivity index is 1.55. The molecule has 1 fully saturated rings. The van der Waals surface area contributed by atoms with Crippen molar-refractivity contribution in [1.82, 2.24) is 9.21 Å². The predicted octanol–water partition coefficient (Wildman–Crippen LogP) is 2.26. The number of thiophene rings is 1. The fourth-order valence-corrected chi connectivity index (χ4v) is 6.91. The molecule has 3 heterocycles. The Labute approximate surface area is 186 Å². The molecular weight excluding hydrogens is 436 g/mol. The van der Waals surface area contributed by atoms with E-state index in [9.17, 15) is 18.0 Å². The van der Waals surface area contributed by atoms with Gasteiger partial charge in [-0.2, -0.15) is 4.31 Å². The highest BCUT2D eigenvalue weighted by Gasteiger charge is 2.29. The van der Waals surface area contributed by atoms with Crippen LogP contribution in [-0.4, -0.2) is 55.6 Å². The summed E-state index contributed by atoms with van der Waals surface area (Å²) < 4.78 is 26.8. The van der Waals surface area contributed by atoms with E-state index in [0.717, 1.165) is 49.3 Å². The summed E-state index contributed by atoms with van der Waals surface area (Å²) in [7, 11) is -3.53. The predicted molar refractivity (Wildman–Crippen MR) is 120 cm³/mol. The van der Waals surface area contributed by atoms with Crippen LogP contribution >= 0.6 is 11.3 Å². The molecule has 1 aromatic carbocycles. The summed E-state index contributed by atoms with van der Waals surface area (Å²) >= 11 is 1.38. The number of hydrogen-bond donors (Lipinski definition) is 2. The lowest BCUT2D eigenvalue weighted by atomic mass is 10.0. The van der Waals surface area contributed by atoms with Crippen molar-refractivity contribution >= 4 is 38.2 Å². The molecule has 0 aliphatic carbocycles. The summed E-state index contributed by atoms with van der Waals surface area (Å²) in [6.07, 6.45) is 2.45. The third-order valence-corrected chi connectivity index (χ3v) is 8.92. The van der Waals surface area contributed by atoms with Crippen LogP contribution in [0.1, 0.15) is 50.9 Å². The van der Waals surface area contributed by atoms with Crippen LogP contribution in [0, 0.1) is 0 Å². The number of rotatable bonds is 6. The van der Waals surface area contributed by atoms with E-state index in [1.807, 2.05) is 0 Å². The van der Waals surface area contributed by atoms with Gasteiger partial charge in [0.1, 0.15) is 5.00 Å². The molecule has 0 atom stereocenters. The van der Waals surface area contributed by atoms with Crippen molar-refractivity contribution in [1.29, 1.82) is 0 Å². The minimum Gasteiger partial charge on any atom is -0.365 e. The first-order valence-electron chi connectivity index (χ1n) is 10.4. The highest BCUT2D eigenvalue weighted by molar-refractivity contribution is 7.89. The number of nitrogens with two attached hydrogens (primary N) is 1. The van der Waals surface area contributed by atoms with Gasteiger partial charge in [-0.25, -0.2) is 8.42 Å². The summed E-state index contributed by atoms with van der Waals surface area (Å²) in [4.78, 5) is 28.4. The number of nitrogens with one attached hydrogen (secondary N) is 1. The van der Waals surface area contributed by atoms with Gasteiger partial charge in [0.05, 0.1) is 10.5 Å². The molecule has 2 aromatic rings. The average molecular weight is 463 g/mol. The van der Waals surface area contributed by atoms with Gasteiger partial charge < -0.3 is 11.1 Å². The van der Waals surface area contributed by atoms with Gasteiger partial charge in [0.2, 0.25) is 10.0 Å². The van der Waals surface area contributed by atoms with Crippen LogP contribution in [0.5, 0.6) is 0 Å². The number of nitrogens with zero attached hydrogens (tertiary/aromatic N) is 2. The topological polar surface area (TPSA) is 113 Å². The van der Waals surface area contributed by atoms with Gasteiger partial charge in [-0.1, -0.05) is 6.92 Å². The van der Waals surface area contributed by atoms with E-state index in [1.54, 1.807) is 0 Å². The van der Waals surface area contributed by atoms with E-state index in [1.165, 1.54) is 39.9 Å². The number of primary amides is 1. The van der Waals surface area contributed by atoms with Crippen molar-refractivity contribution in [2.24, 2.45) is 5.73 Å². The monoisotopic (exact) mass is 462 g/mol. The SMILES string of the molecule is CCN1CCc2c(sc(NC(=O)c3ccc(S(=O)(=O)N4CCCC4)cc3)c2C(N)=O)C1. The maximum Gasteiger partial charge on any atom is 0.256 e. The summed E-state index contributed by atoms with van der Waals surface area (Å²) in [5.41, 5.74) is 7.25. The molecule has 0 radical (unpaired) electrons. The maximum absolute atomic E-state index is 12.8. The van der Waals surface area contributed by atoms with E-state index in [-0.39, 0.29) is 4.90 Å². The Kier molecular flexibility index (Phi) is 6.16. The summed E-state index contributed by atoms with van der Waals surface area (Å²) in [5, 5.41) is 3.26. The Morgan fingerprint density at radius 1 is 1.13 bits per heavy atom.